The van der Waals surface area contributed by atoms with E-state index < -0.39 is 0 Å². The molecule has 0 aliphatic carbocycles. The Morgan fingerprint density at radius 1 is 1.30 bits per heavy atom. The largest absolute Gasteiger partial charge is 0.339 e. The van der Waals surface area contributed by atoms with Crippen LogP contribution in [0.3, 0.4) is 0 Å². The molecule has 0 amide bonds. The molecule has 1 aromatic carbocycles. The predicted octanol–water partition coefficient (Wildman–Crippen LogP) is 2.47. The van der Waals surface area contributed by atoms with Crippen LogP contribution in [0.1, 0.15) is 30.1 Å². The number of likely N-dealkylation sites (N-methyl/N-ethyl adjacent to an activating group) is 1. The molecule has 3 rings (SSSR count). The van der Waals surface area contributed by atoms with E-state index in [1.165, 1.54) is 5.56 Å². The number of hydrogen-bond donors (Lipinski definition) is 1. The summed E-state index contributed by atoms with van der Waals surface area (Å²) in [5.41, 5.74) is 1.21. The Hall–Kier alpha value is -1.33. The molecule has 1 saturated heterocycles. The van der Waals surface area contributed by atoms with Crippen molar-refractivity contribution in [1.82, 2.24) is 15.5 Å². The molecule has 1 N–H and O–H groups in total. The lowest BCUT2D eigenvalue weighted by molar-refractivity contribution is 0.338. The molecule has 1 aliphatic rings. The van der Waals surface area contributed by atoms with Gasteiger partial charge < -0.3 is 9.84 Å². The molecular formula is C15H19N3OS. The lowest BCUT2D eigenvalue weighted by Crippen LogP contribution is -2.34. The lowest BCUT2D eigenvalue weighted by Gasteiger charge is -2.15. The number of nitrogens with one attached hydrogen (secondary N) is 1. The van der Waals surface area contributed by atoms with Crippen LogP contribution in [0, 0.1) is 0 Å². The van der Waals surface area contributed by atoms with Crippen molar-refractivity contribution in [3.8, 4) is 0 Å². The van der Waals surface area contributed by atoms with Gasteiger partial charge in [0.15, 0.2) is 5.82 Å². The number of hydrogen-bond acceptors (Lipinski definition) is 5. The first-order valence-electron chi connectivity index (χ1n) is 7.04. The minimum atomic E-state index is 0.344. The molecule has 1 aliphatic heterocycles. The molecule has 2 heterocycles. The molecule has 5 heteroatoms. The van der Waals surface area contributed by atoms with Crippen molar-refractivity contribution < 1.29 is 4.52 Å². The van der Waals surface area contributed by atoms with Gasteiger partial charge in [-0.15, -0.1) is 0 Å². The molecule has 106 valence electrons. The quantitative estimate of drug-likeness (QED) is 0.916. The average Bonchev–Trinajstić information content (AvgIpc) is 3.09. The van der Waals surface area contributed by atoms with Crippen LogP contribution in [0.2, 0.25) is 0 Å². The number of benzene rings is 1. The van der Waals surface area contributed by atoms with Gasteiger partial charge in [-0.05, 0) is 12.1 Å². The summed E-state index contributed by atoms with van der Waals surface area (Å²) in [5, 5.41) is 7.63. The highest BCUT2D eigenvalue weighted by molar-refractivity contribution is 7.99. The average molecular weight is 289 g/mol. The third-order valence-corrected chi connectivity index (χ3v) is 4.74. The Labute approximate surface area is 123 Å². The minimum absolute atomic E-state index is 0.344. The van der Waals surface area contributed by atoms with Gasteiger partial charge in [0.2, 0.25) is 5.89 Å². The summed E-state index contributed by atoms with van der Waals surface area (Å²) >= 11 is 1.95. The van der Waals surface area contributed by atoms with E-state index in [4.69, 9.17) is 4.52 Å². The van der Waals surface area contributed by atoms with Crippen molar-refractivity contribution in [2.45, 2.75) is 25.3 Å². The van der Waals surface area contributed by atoms with Gasteiger partial charge in [0.25, 0.3) is 0 Å². The normalized spacial score (nSPS) is 22.2. The van der Waals surface area contributed by atoms with E-state index in [1.807, 2.05) is 30.0 Å². The Bertz CT molecular complexity index is 543. The van der Waals surface area contributed by atoms with Gasteiger partial charge in [-0.3, -0.25) is 0 Å². The molecule has 1 fully saturated rings. The van der Waals surface area contributed by atoms with Crippen molar-refractivity contribution in [3.05, 3.63) is 47.6 Å². The number of aromatic nitrogens is 2. The lowest BCUT2D eigenvalue weighted by atomic mass is 10.0. The summed E-state index contributed by atoms with van der Waals surface area (Å²) in [4.78, 5) is 4.59. The second-order valence-corrected chi connectivity index (χ2v) is 6.09. The Morgan fingerprint density at radius 3 is 2.95 bits per heavy atom. The van der Waals surface area contributed by atoms with Crippen LogP contribution in [0.5, 0.6) is 0 Å². The second-order valence-electron chi connectivity index (χ2n) is 5.02. The van der Waals surface area contributed by atoms with Gasteiger partial charge >= 0.3 is 0 Å². The summed E-state index contributed by atoms with van der Waals surface area (Å²) in [6, 6.07) is 10.7. The van der Waals surface area contributed by atoms with Crippen LogP contribution in [-0.4, -0.2) is 34.2 Å². The predicted molar refractivity (Wildman–Crippen MR) is 81.1 cm³/mol. The SMILES string of the molecule is CCNC1CSCC1c1nc(Cc2ccccc2)no1. The van der Waals surface area contributed by atoms with Crippen LogP contribution in [-0.2, 0) is 6.42 Å². The molecule has 1 aromatic heterocycles. The van der Waals surface area contributed by atoms with E-state index in [0.717, 1.165) is 36.2 Å². The van der Waals surface area contributed by atoms with Gasteiger partial charge in [0, 0.05) is 24.0 Å². The van der Waals surface area contributed by atoms with Gasteiger partial charge in [-0.2, -0.15) is 16.7 Å². The summed E-state index contributed by atoms with van der Waals surface area (Å²) in [6.07, 6.45) is 0.732. The van der Waals surface area contributed by atoms with E-state index in [2.05, 4.69) is 34.5 Å². The standard InChI is InChI=1S/C15H19N3OS/c1-2-16-13-10-20-9-12(13)15-17-14(18-19-15)8-11-6-4-3-5-7-11/h3-7,12-13,16H,2,8-10H2,1H3. The minimum Gasteiger partial charge on any atom is -0.339 e. The maximum atomic E-state index is 5.48. The summed E-state index contributed by atoms with van der Waals surface area (Å²) in [6.45, 7) is 3.11. The van der Waals surface area contributed by atoms with Crippen molar-refractivity contribution in [2.75, 3.05) is 18.1 Å². The maximum absolute atomic E-state index is 5.48. The van der Waals surface area contributed by atoms with Gasteiger partial charge in [-0.1, -0.05) is 42.4 Å². The third-order valence-electron chi connectivity index (χ3n) is 3.55. The molecule has 2 atom stereocenters. The molecular weight excluding hydrogens is 270 g/mol. The van der Waals surface area contributed by atoms with Gasteiger partial charge in [-0.25, -0.2) is 0 Å². The zero-order chi connectivity index (χ0) is 13.8. The van der Waals surface area contributed by atoms with Gasteiger partial charge in [0.1, 0.15) is 0 Å². The zero-order valence-electron chi connectivity index (χ0n) is 11.6. The first-order chi connectivity index (χ1) is 9.86. The van der Waals surface area contributed by atoms with E-state index in [0.29, 0.717) is 12.0 Å². The van der Waals surface area contributed by atoms with E-state index in [1.54, 1.807) is 0 Å². The van der Waals surface area contributed by atoms with E-state index in [-0.39, 0.29) is 0 Å². The number of thioether (sulfide) groups is 1. The van der Waals surface area contributed by atoms with Crippen LogP contribution >= 0.6 is 11.8 Å². The molecule has 2 unspecified atom stereocenters. The summed E-state index contributed by atoms with van der Waals surface area (Å²) in [7, 11) is 0. The summed E-state index contributed by atoms with van der Waals surface area (Å²) < 4.78 is 5.48. The fourth-order valence-corrected chi connectivity index (χ4v) is 3.90. The first-order valence-corrected chi connectivity index (χ1v) is 8.20. The highest BCUT2D eigenvalue weighted by Crippen LogP contribution is 2.32. The molecule has 4 nitrogen and oxygen atoms in total. The Kier molecular flexibility index (Phi) is 4.38. The van der Waals surface area contributed by atoms with Crippen LogP contribution in [0.25, 0.3) is 0 Å². The van der Waals surface area contributed by atoms with Crippen LogP contribution in [0.15, 0.2) is 34.9 Å². The second kappa shape index (κ2) is 6.41. The molecule has 0 radical (unpaired) electrons. The fourth-order valence-electron chi connectivity index (χ4n) is 2.53. The zero-order valence-corrected chi connectivity index (χ0v) is 12.4. The van der Waals surface area contributed by atoms with Gasteiger partial charge in [0.05, 0.1) is 5.92 Å². The highest BCUT2D eigenvalue weighted by atomic mass is 32.2. The van der Waals surface area contributed by atoms with Crippen molar-refractivity contribution in [1.29, 1.82) is 0 Å². The summed E-state index contributed by atoms with van der Waals surface area (Å²) in [5.74, 6) is 4.08. The Balaban J connectivity index is 1.70. The van der Waals surface area contributed by atoms with Crippen molar-refractivity contribution >= 4 is 11.8 Å². The van der Waals surface area contributed by atoms with Crippen LogP contribution < -0.4 is 5.32 Å². The third kappa shape index (κ3) is 3.04. The first kappa shape index (κ1) is 13.6. The number of rotatable bonds is 5. The topological polar surface area (TPSA) is 51.0 Å². The molecule has 0 bridgehead atoms. The van der Waals surface area contributed by atoms with E-state index in [9.17, 15) is 0 Å². The van der Waals surface area contributed by atoms with E-state index >= 15 is 0 Å². The smallest absolute Gasteiger partial charge is 0.232 e. The van der Waals surface area contributed by atoms with Crippen molar-refractivity contribution in [3.63, 3.8) is 0 Å². The van der Waals surface area contributed by atoms with Crippen molar-refractivity contribution in [2.24, 2.45) is 0 Å². The molecule has 0 spiro atoms. The molecule has 0 saturated carbocycles. The molecule has 20 heavy (non-hydrogen) atoms. The Morgan fingerprint density at radius 2 is 2.15 bits per heavy atom. The number of nitrogens with zero attached hydrogens (tertiary/aromatic N) is 2. The highest BCUT2D eigenvalue weighted by Gasteiger charge is 2.32. The maximum Gasteiger partial charge on any atom is 0.232 e. The van der Waals surface area contributed by atoms with Crippen LogP contribution in [0.4, 0.5) is 0 Å². The fraction of sp³-hybridized carbons (Fsp3) is 0.467. The molecule has 2 aromatic rings. The monoisotopic (exact) mass is 289 g/mol.